The van der Waals surface area contributed by atoms with Crippen LogP contribution in [0.15, 0.2) is 18.2 Å². The normalized spacial score (nSPS) is 14.7. The van der Waals surface area contributed by atoms with Crippen LogP contribution in [-0.4, -0.2) is 32.2 Å². The molecule has 0 saturated carbocycles. The monoisotopic (exact) mass is 252 g/mol. The number of benzene rings is 1. The average Bonchev–Trinajstić information content (AvgIpc) is 2.57. The Balaban J connectivity index is 2.16. The lowest BCUT2D eigenvalue weighted by molar-refractivity contribution is 0.682. The number of aromatic nitrogens is 2. The molecule has 0 saturated heterocycles. The summed E-state index contributed by atoms with van der Waals surface area (Å²) in [6, 6.07) is 5.64. The predicted octanol–water partition coefficient (Wildman–Crippen LogP) is 1.32. The fraction of sp³-hybridized carbons (Fsp3) is 0.364. The molecule has 1 aromatic heterocycles. The van der Waals surface area contributed by atoms with Crippen LogP contribution in [0.1, 0.15) is 6.92 Å². The van der Waals surface area contributed by atoms with E-state index in [4.69, 9.17) is 5.73 Å². The number of anilines is 2. The van der Waals surface area contributed by atoms with Crippen molar-refractivity contribution < 1.29 is 4.21 Å². The summed E-state index contributed by atoms with van der Waals surface area (Å²) in [7, 11) is -0.815. The van der Waals surface area contributed by atoms with E-state index >= 15 is 0 Å². The van der Waals surface area contributed by atoms with Gasteiger partial charge in [-0.3, -0.25) is 4.21 Å². The lowest BCUT2D eigenvalue weighted by Gasteiger charge is -2.10. The minimum atomic E-state index is -0.815. The van der Waals surface area contributed by atoms with Crippen LogP contribution >= 0.6 is 0 Å². The van der Waals surface area contributed by atoms with E-state index < -0.39 is 10.8 Å². The second-order valence-electron chi connectivity index (χ2n) is 4.15. The molecule has 0 aliphatic carbocycles. The van der Waals surface area contributed by atoms with E-state index in [1.165, 1.54) is 0 Å². The van der Waals surface area contributed by atoms with E-state index in [-0.39, 0.29) is 6.04 Å². The van der Waals surface area contributed by atoms with Crippen LogP contribution in [-0.2, 0) is 10.8 Å². The van der Waals surface area contributed by atoms with E-state index in [0.29, 0.717) is 17.4 Å². The Labute approximate surface area is 102 Å². The van der Waals surface area contributed by atoms with Gasteiger partial charge in [0, 0.05) is 34.5 Å². The molecule has 2 unspecified atom stereocenters. The molecule has 0 bridgehead atoms. The zero-order valence-electron chi connectivity index (χ0n) is 9.86. The van der Waals surface area contributed by atoms with Gasteiger partial charge in [0.2, 0.25) is 5.95 Å². The lowest BCUT2D eigenvalue weighted by Crippen LogP contribution is -2.22. The van der Waals surface area contributed by atoms with Crippen molar-refractivity contribution in [1.29, 1.82) is 0 Å². The lowest BCUT2D eigenvalue weighted by atomic mass is 10.3. The van der Waals surface area contributed by atoms with Crippen molar-refractivity contribution in [2.45, 2.75) is 13.0 Å². The molecule has 0 amide bonds. The van der Waals surface area contributed by atoms with Crippen molar-refractivity contribution in [1.82, 2.24) is 9.97 Å². The highest BCUT2D eigenvalue weighted by atomic mass is 32.2. The number of nitrogens with two attached hydrogens (primary N) is 1. The minimum absolute atomic E-state index is 0.110. The molecule has 2 atom stereocenters. The fourth-order valence-electron chi connectivity index (χ4n) is 1.72. The molecule has 1 aromatic carbocycles. The molecule has 4 N–H and O–H groups in total. The van der Waals surface area contributed by atoms with Crippen molar-refractivity contribution in [2.24, 2.45) is 0 Å². The topological polar surface area (TPSA) is 83.8 Å². The predicted molar refractivity (Wildman–Crippen MR) is 72.5 cm³/mol. The minimum Gasteiger partial charge on any atom is -0.399 e. The summed E-state index contributed by atoms with van der Waals surface area (Å²) < 4.78 is 11.1. The number of fused-ring (bicyclic) bond motifs is 1. The smallest absolute Gasteiger partial charge is 0.201 e. The maximum atomic E-state index is 11.1. The number of rotatable bonds is 4. The largest absolute Gasteiger partial charge is 0.399 e. The second-order valence-corrected chi connectivity index (χ2v) is 5.63. The second kappa shape index (κ2) is 4.75. The van der Waals surface area contributed by atoms with Gasteiger partial charge in [0.05, 0.1) is 11.0 Å². The molecule has 6 heteroatoms. The number of nitrogens with one attached hydrogen (secondary N) is 2. The SMILES string of the molecule is CC(CS(C)=O)Nc1nc2ccc(N)cc2[nH]1. The van der Waals surface area contributed by atoms with Crippen molar-refractivity contribution in [2.75, 3.05) is 23.1 Å². The van der Waals surface area contributed by atoms with Gasteiger partial charge in [0.1, 0.15) is 0 Å². The first kappa shape index (κ1) is 11.9. The first-order valence-corrected chi connectivity index (χ1v) is 7.09. The average molecular weight is 252 g/mol. The van der Waals surface area contributed by atoms with Crippen LogP contribution in [0.2, 0.25) is 0 Å². The zero-order valence-corrected chi connectivity index (χ0v) is 10.7. The Morgan fingerprint density at radius 3 is 3.06 bits per heavy atom. The molecular formula is C11H16N4OS. The molecule has 0 radical (unpaired) electrons. The van der Waals surface area contributed by atoms with Crippen LogP contribution in [0.4, 0.5) is 11.6 Å². The molecule has 0 aliphatic heterocycles. The van der Waals surface area contributed by atoms with Crippen LogP contribution in [0.25, 0.3) is 11.0 Å². The van der Waals surface area contributed by atoms with Crippen molar-refractivity contribution >= 4 is 33.5 Å². The van der Waals surface area contributed by atoms with E-state index in [9.17, 15) is 4.21 Å². The number of nitrogen functional groups attached to an aromatic ring is 1. The number of hydrogen-bond acceptors (Lipinski definition) is 4. The third-order valence-corrected chi connectivity index (χ3v) is 3.34. The first-order valence-electron chi connectivity index (χ1n) is 5.36. The van der Waals surface area contributed by atoms with Gasteiger partial charge in [-0.15, -0.1) is 0 Å². The standard InChI is InChI=1S/C11H16N4OS/c1-7(6-17(2)16)13-11-14-9-4-3-8(12)5-10(9)15-11/h3-5,7H,6,12H2,1-2H3,(H2,13,14,15). The van der Waals surface area contributed by atoms with Crippen molar-refractivity contribution in [3.63, 3.8) is 0 Å². The van der Waals surface area contributed by atoms with Gasteiger partial charge >= 0.3 is 0 Å². The maximum absolute atomic E-state index is 11.1. The van der Waals surface area contributed by atoms with Gasteiger partial charge in [-0.25, -0.2) is 4.98 Å². The number of aromatic amines is 1. The summed E-state index contributed by atoms with van der Waals surface area (Å²) in [6.45, 7) is 1.98. The van der Waals surface area contributed by atoms with Gasteiger partial charge in [-0.1, -0.05) is 0 Å². The van der Waals surface area contributed by atoms with Crippen LogP contribution < -0.4 is 11.1 Å². The molecule has 2 aromatic rings. The van der Waals surface area contributed by atoms with Crippen LogP contribution in [0.5, 0.6) is 0 Å². The highest BCUT2D eigenvalue weighted by molar-refractivity contribution is 7.84. The molecule has 0 aliphatic rings. The highest BCUT2D eigenvalue weighted by Gasteiger charge is 2.07. The third-order valence-electron chi connectivity index (χ3n) is 2.37. The fourth-order valence-corrected chi connectivity index (χ4v) is 2.51. The Morgan fingerprint density at radius 1 is 1.59 bits per heavy atom. The van der Waals surface area contributed by atoms with E-state index in [0.717, 1.165) is 11.0 Å². The number of hydrogen-bond donors (Lipinski definition) is 3. The van der Waals surface area contributed by atoms with Crippen LogP contribution in [0, 0.1) is 0 Å². The van der Waals surface area contributed by atoms with Gasteiger partial charge in [0.25, 0.3) is 0 Å². The molecular weight excluding hydrogens is 236 g/mol. The van der Waals surface area contributed by atoms with Crippen molar-refractivity contribution in [3.05, 3.63) is 18.2 Å². The van der Waals surface area contributed by atoms with Gasteiger partial charge < -0.3 is 16.0 Å². The zero-order chi connectivity index (χ0) is 12.4. The molecule has 92 valence electrons. The van der Waals surface area contributed by atoms with Crippen LogP contribution in [0.3, 0.4) is 0 Å². The number of nitrogens with zero attached hydrogens (tertiary/aromatic N) is 1. The Kier molecular flexibility index (Phi) is 3.33. The Bertz CT molecular complexity index is 551. The van der Waals surface area contributed by atoms with Gasteiger partial charge in [-0.05, 0) is 25.1 Å². The number of imidazole rings is 1. The summed E-state index contributed by atoms with van der Waals surface area (Å²) in [5.41, 5.74) is 8.16. The van der Waals surface area contributed by atoms with Gasteiger partial charge in [-0.2, -0.15) is 0 Å². The summed E-state index contributed by atoms with van der Waals surface area (Å²) in [5, 5.41) is 3.18. The summed E-state index contributed by atoms with van der Waals surface area (Å²) in [6.07, 6.45) is 1.69. The van der Waals surface area contributed by atoms with Crippen molar-refractivity contribution in [3.8, 4) is 0 Å². The van der Waals surface area contributed by atoms with E-state index in [1.807, 2.05) is 25.1 Å². The summed E-state index contributed by atoms with van der Waals surface area (Å²) in [5.74, 6) is 1.28. The summed E-state index contributed by atoms with van der Waals surface area (Å²) >= 11 is 0. The molecule has 2 rings (SSSR count). The molecule has 1 heterocycles. The van der Waals surface area contributed by atoms with Gasteiger partial charge in [0.15, 0.2) is 0 Å². The quantitative estimate of drug-likeness (QED) is 0.717. The maximum Gasteiger partial charge on any atom is 0.201 e. The van der Waals surface area contributed by atoms with E-state index in [1.54, 1.807) is 6.26 Å². The molecule has 17 heavy (non-hydrogen) atoms. The summed E-state index contributed by atoms with van der Waals surface area (Å²) in [4.78, 5) is 7.52. The Morgan fingerprint density at radius 2 is 2.35 bits per heavy atom. The molecule has 0 fully saturated rings. The molecule has 0 spiro atoms. The first-order chi connectivity index (χ1) is 8.04. The Hall–Kier alpha value is -1.56. The third kappa shape index (κ3) is 2.97. The van der Waals surface area contributed by atoms with E-state index in [2.05, 4.69) is 15.3 Å². The molecule has 5 nitrogen and oxygen atoms in total. The number of H-pyrrole nitrogens is 1. The highest BCUT2D eigenvalue weighted by Crippen LogP contribution is 2.17.